The van der Waals surface area contributed by atoms with Gasteiger partial charge in [0, 0.05) is 13.5 Å². The van der Waals surface area contributed by atoms with Crippen molar-refractivity contribution in [3.8, 4) is 0 Å². The van der Waals surface area contributed by atoms with Gasteiger partial charge in [0.1, 0.15) is 0 Å². The van der Waals surface area contributed by atoms with Crippen LogP contribution in [0.4, 0.5) is 0 Å². The quantitative estimate of drug-likeness (QED) is 0.574. The molecule has 21 heavy (non-hydrogen) atoms. The molecule has 1 rings (SSSR count). The number of nitrogens with zero attached hydrogens (tertiary/aromatic N) is 2. The van der Waals surface area contributed by atoms with Gasteiger partial charge in [-0.2, -0.15) is 5.10 Å². The van der Waals surface area contributed by atoms with Gasteiger partial charge in [-0.1, -0.05) is 0 Å². The number of esters is 2. The highest BCUT2D eigenvalue weighted by molar-refractivity contribution is 9.10. The Balaban J connectivity index is 3.19. The van der Waals surface area contributed by atoms with E-state index in [4.69, 9.17) is 9.47 Å². The predicted octanol–water partition coefficient (Wildman–Crippen LogP) is 2.17. The molecule has 0 unspecified atom stereocenters. The van der Waals surface area contributed by atoms with Gasteiger partial charge in [-0.15, -0.1) is 0 Å². The molecule has 0 aliphatic heterocycles. The fraction of sp³-hybridized carbons (Fsp3) is 0.643. The second-order valence-corrected chi connectivity index (χ2v) is 5.71. The highest BCUT2D eigenvalue weighted by Crippen LogP contribution is 2.31. The number of hydrogen-bond donors (Lipinski definition) is 0. The molecule has 0 N–H and O–H groups in total. The third-order valence-electron chi connectivity index (χ3n) is 3.23. The van der Waals surface area contributed by atoms with Crippen LogP contribution in [0.15, 0.2) is 4.47 Å². The van der Waals surface area contributed by atoms with Gasteiger partial charge in [0.2, 0.25) is 0 Å². The Morgan fingerprint density at radius 2 is 1.71 bits per heavy atom. The van der Waals surface area contributed by atoms with Crippen LogP contribution >= 0.6 is 15.9 Å². The minimum atomic E-state index is -1.39. The lowest BCUT2D eigenvalue weighted by Gasteiger charge is -2.25. The minimum absolute atomic E-state index is 0.155. The summed E-state index contributed by atoms with van der Waals surface area (Å²) in [5, 5.41) is 4.27. The Morgan fingerprint density at radius 1 is 1.24 bits per heavy atom. The van der Waals surface area contributed by atoms with Crippen molar-refractivity contribution in [1.29, 1.82) is 0 Å². The number of rotatable bonds is 6. The smallest absolute Gasteiger partial charge is 0.323 e. The summed E-state index contributed by atoms with van der Waals surface area (Å²) in [6, 6.07) is 0. The van der Waals surface area contributed by atoms with Crippen molar-refractivity contribution < 1.29 is 19.1 Å². The van der Waals surface area contributed by atoms with Crippen LogP contribution in [0.3, 0.4) is 0 Å². The molecule has 118 valence electrons. The SMILES string of the molecule is CCOC(=O)C(C)(Cc1c(Br)c(C)nn1C)C(=O)OCC. The van der Waals surface area contributed by atoms with E-state index < -0.39 is 17.4 Å². The summed E-state index contributed by atoms with van der Waals surface area (Å²) in [6.45, 7) is 7.21. The lowest BCUT2D eigenvalue weighted by molar-refractivity contribution is -0.170. The summed E-state index contributed by atoms with van der Waals surface area (Å²) >= 11 is 3.44. The molecule has 0 saturated carbocycles. The van der Waals surface area contributed by atoms with Crippen molar-refractivity contribution in [3.63, 3.8) is 0 Å². The van der Waals surface area contributed by atoms with E-state index in [2.05, 4.69) is 21.0 Å². The number of carbonyl (C=O) groups is 2. The van der Waals surface area contributed by atoms with E-state index in [1.165, 1.54) is 6.92 Å². The zero-order valence-corrected chi connectivity index (χ0v) is 14.6. The molecular formula is C14H21BrN2O4. The summed E-state index contributed by atoms with van der Waals surface area (Å²) in [5.41, 5.74) is 0.146. The Bertz CT molecular complexity index is 521. The maximum absolute atomic E-state index is 12.2. The summed E-state index contributed by atoms with van der Waals surface area (Å²) in [7, 11) is 1.77. The Kier molecular flexibility index (Phi) is 5.95. The molecule has 0 aromatic carbocycles. The van der Waals surface area contributed by atoms with Gasteiger partial charge in [-0.05, 0) is 43.6 Å². The number of aromatic nitrogens is 2. The van der Waals surface area contributed by atoms with Crippen LogP contribution in [0.2, 0.25) is 0 Å². The van der Waals surface area contributed by atoms with Crippen LogP contribution in [0.25, 0.3) is 0 Å². The van der Waals surface area contributed by atoms with E-state index in [1.807, 2.05) is 6.92 Å². The topological polar surface area (TPSA) is 70.4 Å². The second-order valence-electron chi connectivity index (χ2n) is 4.92. The van der Waals surface area contributed by atoms with Gasteiger partial charge in [0.15, 0.2) is 5.41 Å². The normalized spacial score (nSPS) is 11.3. The molecule has 0 aliphatic rings. The Morgan fingerprint density at radius 3 is 2.05 bits per heavy atom. The minimum Gasteiger partial charge on any atom is -0.465 e. The molecule has 7 heteroatoms. The molecule has 0 amide bonds. The van der Waals surface area contributed by atoms with Gasteiger partial charge in [0.05, 0.1) is 29.1 Å². The summed E-state index contributed by atoms with van der Waals surface area (Å²) in [5.74, 6) is -1.18. The number of hydrogen-bond acceptors (Lipinski definition) is 5. The number of halogens is 1. The van der Waals surface area contributed by atoms with E-state index >= 15 is 0 Å². The van der Waals surface area contributed by atoms with E-state index in [0.717, 1.165) is 15.9 Å². The standard InChI is InChI=1S/C14H21BrN2O4/c1-6-20-12(18)14(4,13(19)21-7-2)8-10-11(15)9(3)16-17(10)5/h6-8H2,1-5H3. The van der Waals surface area contributed by atoms with Crippen molar-refractivity contribution >= 4 is 27.9 Å². The average Bonchev–Trinajstić information content (AvgIpc) is 2.65. The third-order valence-corrected chi connectivity index (χ3v) is 4.27. The van der Waals surface area contributed by atoms with E-state index in [1.54, 1.807) is 25.6 Å². The van der Waals surface area contributed by atoms with Crippen molar-refractivity contribution in [2.75, 3.05) is 13.2 Å². The zero-order chi connectivity index (χ0) is 16.2. The molecule has 0 aliphatic carbocycles. The Labute approximate surface area is 132 Å². The molecule has 0 bridgehead atoms. The van der Waals surface area contributed by atoms with Crippen LogP contribution in [0.5, 0.6) is 0 Å². The molecule has 0 radical (unpaired) electrons. The van der Waals surface area contributed by atoms with Gasteiger partial charge < -0.3 is 9.47 Å². The highest BCUT2D eigenvalue weighted by atomic mass is 79.9. The van der Waals surface area contributed by atoms with Crippen molar-refractivity contribution in [2.45, 2.75) is 34.1 Å². The van der Waals surface area contributed by atoms with E-state index in [0.29, 0.717) is 0 Å². The molecular weight excluding hydrogens is 340 g/mol. The van der Waals surface area contributed by atoms with Crippen molar-refractivity contribution in [1.82, 2.24) is 9.78 Å². The molecule has 0 fully saturated rings. The molecule has 6 nitrogen and oxygen atoms in total. The number of carbonyl (C=O) groups excluding carboxylic acids is 2. The first-order valence-corrected chi connectivity index (χ1v) is 7.59. The lowest BCUT2D eigenvalue weighted by Crippen LogP contribution is -2.42. The third kappa shape index (κ3) is 3.64. The van der Waals surface area contributed by atoms with Crippen molar-refractivity contribution in [3.05, 3.63) is 15.9 Å². The maximum Gasteiger partial charge on any atom is 0.323 e. The summed E-state index contributed by atoms with van der Waals surface area (Å²) in [6.07, 6.45) is 0.155. The maximum atomic E-state index is 12.2. The first-order valence-electron chi connectivity index (χ1n) is 6.80. The fourth-order valence-corrected chi connectivity index (χ4v) is 2.49. The fourth-order valence-electron chi connectivity index (χ4n) is 2.02. The highest BCUT2D eigenvalue weighted by Gasteiger charge is 2.45. The second kappa shape index (κ2) is 7.06. The van der Waals surface area contributed by atoms with Crippen LogP contribution in [-0.2, 0) is 32.5 Å². The van der Waals surface area contributed by atoms with Gasteiger partial charge in [0.25, 0.3) is 0 Å². The molecule has 1 aromatic heterocycles. The molecule has 0 atom stereocenters. The lowest BCUT2D eigenvalue weighted by atomic mass is 9.85. The average molecular weight is 361 g/mol. The van der Waals surface area contributed by atoms with E-state index in [-0.39, 0.29) is 19.6 Å². The van der Waals surface area contributed by atoms with Crippen LogP contribution < -0.4 is 0 Å². The Hall–Kier alpha value is -1.37. The molecule has 0 saturated heterocycles. The zero-order valence-electron chi connectivity index (χ0n) is 13.0. The number of ether oxygens (including phenoxy) is 2. The van der Waals surface area contributed by atoms with Crippen molar-refractivity contribution in [2.24, 2.45) is 12.5 Å². The van der Waals surface area contributed by atoms with Gasteiger partial charge in [-0.25, -0.2) is 0 Å². The molecule has 1 aromatic rings. The van der Waals surface area contributed by atoms with Gasteiger partial charge in [-0.3, -0.25) is 14.3 Å². The first kappa shape index (κ1) is 17.7. The van der Waals surface area contributed by atoms with E-state index in [9.17, 15) is 9.59 Å². The largest absolute Gasteiger partial charge is 0.465 e. The summed E-state index contributed by atoms with van der Waals surface area (Å²) < 4.78 is 12.5. The molecule has 1 heterocycles. The number of aryl methyl sites for hydroxylation is 2. The van der Waals surface area contributed by atoms with Gasteiger partial charge >= 0.3 is 11.9 Å². The first-order chi connectivity index (χ1) is 9.77. The molecule has 0 spiro atoms. The summed E-state index contributed by atoms with van der Waals surface area (Å²) in [4.78, 5) is 24.5. The van der Waals surface area contributed by atoms with Crippen LogP contribution in [-0.4, -0.2) is 34.9 Å². The van der Waals surface area contributed by atoms with Crippen LogP contribution in [0.1, 0.15) is 32.2 Å². The predicted molar refractivity (Wildman–Crippen MR) is 80.7 cm³/mol. The monoisotopic (exact) mass is 360 g/mol. The van der Waals surface area contributed by atoms with Crippen LogP contribution in [0, 0.1) is 12.3 Å².